The molecular formula is C27H18Cl3N3O3S. The first-order valence-electron chi connectivity index (χ1n) is 10.9. The molecule has 0 aliphatic rings. The molecule has 4 rings (SSSR count). The summed E-state index contributed by atoms with van der Waals surface area (Å²) in [6, 6.07) is 20.4. The van der Waals surface area contributed by atoms with Crippen LogP contribution < -0.4 is 24.8 Å². The molecule has 1 amide bonds. The second-order valence-electron chi connectivity index (χ2n) is 7.57. The third kappa shape index (κ3) is 5.90. The predicted molar refractivity (Wildman–Crippen MR) is 149 cm³/mol. The van der Waals surface area contributed by atoms with Gasteiger partial charge in [0.15, 0.2) is 5.57 Å². The summed E-state index contributed by atoms with van der Waals surface area (Å²) in [5.41, 5.74) is 0.654. The third-order valence-corrected chi connectivity index (χ3v) is 7.02. The van der Waals surface area contributed by atoms with Crippen LogP contribution in [0.4, 0.5) is 5.69 Å². The van der Waals surface area contributed by atoms with Gasteiger partial charge in [0.05, 0.1) is 27.5 Å². The average Bonchev–Trinajstić information content (AvgIpc) is 3.19. The van der Waals surface area contributed by atoms with Crippen molar-refractivity contribution in [1.82, 2.24) is 4.57 Å². The summed E-state index contributed by atoms with van der Waals surface area (Å²) in [6.07, 6.45) is 1.63. The van der Waals surface area contributed by atoms with Crippen LogP contribution in [0.2, 0.25) is 15.1 Å². The van der Waals surface area contributed by atoms with Crippen molar-refractivity contribution in [3.63, 3.8) is 0 Å². The fourth-order valence-corrected chi connectivity index (χ4v) is 5.11. The Labute approximate surface area is 231 Å². The highest BCUT2D eigenvalue weighted by molar-refractivity contribution is 7.07. The minimum Gasteiger partial charge on any atom is -0.493 e. The number of nitrogens with one attached hydrogen (secondary N) is 1. The van der Waals surface area contributed by atoms with E-state index in [0.29, 0.717) is 33.7 Å². The number of carbonyl (C=O) groups excluding carboxylic acids is 1. The van der Waals surface area contributed by atoms with Gasteiger partial charge in [0, 0.05) is 15.6 Å². The van der Waals surface area contributed by atoms with Gasteiger partial charge in [-0.1, -0.05) is 53.0 Å². The SMILES string of the molecule is CCOc1ccc(Cl)cc1/C=c1/s/c(=C(\C#N)C(=O)Nc2cc(Cl)ccc2Cl)n(-c2ccccc2)c1=O. The quantitative estimate of drug-likeness (QED) is 0.336. The molecule has 0 radical (unpaired) electrons. The van der Waals surface area contributed by atoms with Gasteiger partial charge in [-0.15, -0.1) is 11.3 Å². The Balaban J connectivity index is 1.98. The third-order valence-electron chi connectivity index (χ3n) is 5.13. The topological polar surface area (TPSA) is 84.1 Å². The number of hydrogen-bond donors (Lipinski definition) is 1. The van der Waals surface area contributed by atoms with E-state index in [0.717, 1.165) is 11.3 Å². The van der Waals surface area contributed by atoms with Crippen LogP contribution in [0.15, 0.2) is 71.5 Å². The van der Waals surface area contributed by atoms with Crippen molar-refractivity contribution in [2.75, 3.05) is 11.9 Å². The van der Waals surface area contributed by atoms with E-state index < -0.39 is 11.5 Å². The fourth-order valence-electron chi connectivity index (χ4n) is 3.50. The second kappa shape index (κ2) is 11.7. The lowest BCUT2D eigenvalue weighted by Gasteiger charge is -2.07. The lowest BCUT2D eigenvalue weighted by atomic mass is 10.2. The van der Waals surface area contributed by atoms with Crippen LogP contribution >= 0.6 is 46.1 Å². The summed E-state index contributed by atoms with van der Waals surface area (Å²) >= 11 is 19.4. The number of thiazole rings is 1. The summed E-state index contributed by atoms with van der Waals surface area (Å²) in [6.45, 7) is 2.27. The van der Waals surface area contributed by atoms with Crippen LogP contribution in [-0.2, 0) is 4.79 Å². The Hall–Kier alpha value is -3.54. The number of hydrogen-bond acceptors (Lipinski definition) is 5. The van der Waals surface area contributed by atoms with Gasteiger partial charge in [0.2, 0.25) is 0 Å². The number of rotatable bonds is 6. The van der Waals surface area contributed by atoms with E-state index in [1.54, 1.807) is 60.7 Å². The smallest absolute Gasteiger partial charge is 0.273 e. The van der Waals surface area contributed by atoms with Crippen molar-refractivity contribution in [2.45, 2.75) is 6.92 Å². The van der Waals surface area contributed by atoms with Gasteiger partial charge in [-0.2, -0.15) is 5.26 Å². The molecule has 186 valence electrons. The number of carbonyl (C=O) groups is 1. The molecule has 0 aliphatic carbocycles. The molecular weight excluding hydrogens is 553 g/mol. The van der Waals surface area contributed by atoms with E-state index in [-0.39, 0.29) is 25.5 Å². The summed E-state index contributed by atoms with van der Waals surface area (Å²) in [5.74, 6) is -0.188. The van der Waals surface area contributed by atoms with Crippen molar-refractivity contribution in [3.05, 3.63) is 107 Å². The van der Waals surface area contributed by atoms with Gasteiger partial charge in [0.25, 0.3) is 11.5 Å². The summed E-state index contributed by atoms with van der Waals surface area (Å²) in [7, 11) is 0. The van der Waals surface area contributed by atoms with Crippen molar-refractivity contribution >= 4 is 69.4 Å². The number of nitrogens with zero attached hydrogens (tertiary/aromatic N) is 2. The van der Waals surface area contributed by atoms with Crippen LogP contribution in [0.3, 0.4) is 0 Å². The van der Waals surface area contributed by atoms with Gasteiger partial charge < -0.3 is 10.1 Å². The van der Waals surface area contributed by atoms with E-state index >= 15 is 0 Å². The van der Waals surface area contributed by atoms with Crippen LogP contribution in [0.5, 0.6) is 5.75 Å². The van der Waals surface area contributed by atoms with Crippen molar-refractivity contribution < 1.29 is 9.53 Å². The maximum atomic E-state index is 13.6. The van der Waals surface area contributed by atoms with E-state index in [1.165, 1.54) is 16.7 Å². The van der Waals surface area contributed by atoms with Crippen molar-refractivity contribution in [1.29, 1.82) is 5.26 Å². The van der Waals surface area contributed by atoms with Gasteiger partial charge in [-0.05, 0) is 61.5 Å². The molecule has 0 aliphatic heterocycles. The monoisotopic (exact) mass is 569 g/mol. The second-order valence-corrected chi connectivity index (χ2v) is 9.88. The molecule has 1 heterocycles. The molecule has 0 bridgehead atoms. The number of ether oxygens (including phenoxy) is 1. The Morgan fingerprint density at radius 2 is 1.78 bits per heavy atom. The highest BCUT2D eigenvalue weighted by atomic mass is 35.5. The first-order chi connectivity index (χ1) is 17.8. The Morgan fingerprint density at radius 3 is 2.49 bits per heavy atom. The van der Waals surface area contributed by atoms with E-state index in [1.807, 2.05) is 13.0 Å². The zero-order valence-corrected chi connectivity index (χ0v) is 22.4. The number of amides is 1. The van der Waals surface area contributed by atoms with Crippen molar-refractivity contribution in [2.24, 2.45) is 0 Å². The minimum absolute atomic E-state index is 0.153. The molecule has 0 saturated heterocycles. The average molecular weight is 571 g/mol. The molecule has 0 atom stereocenters. The van der Waals surface area contributed by atoms with E-state index in [9.17, 15) is 14.9 Å². The number of nitriles is 1. The largest absolute Gasteiger partial charge is 0.493 e. The maximum Gasteiger partial charge on any atom is 0.273 e. The zero-order valence-electron chi connectivity index (χ0n) is 19.3. The normalized spacial score (nSPS) is 12.1. The molecule has 37 heavy (non-hydrogen) atoms. The first-order valence-corrected chi connectivity index (χ1v) is 12.9. The van der Waals surface area contributed by atoms with Crippen LogP contribution in [0.1, 0.15) is 12.5 Å². The lowest BCUT2D eigenvalue weighted by Crippen LogP contribution is -2.32. The molecule has 10 heteroatoms. The number of anilines is 1. The van der Waals surface area contributed by atoms with Crippen molar-refractivity contribution in [3.8, 4) is 17.5 Å². The summed E-state index contributed by atoms with van der Waals surface area (Å²) in [5, 5.41) is 13.7. The predicted octanol–water partition coefficient (Wildman–Crippen LogP) is 5.40. The van der Waals surface area contributed by atoms with Gasteiger partial charge >= 0.3 is 0 Å². The van der Waals surface area contributed by atoms with E-state index in [4.69, 9.17) is 39.5 Å². The van der Waals surface area contributed by atoms with Crippen LogP contribution in [0.25, 0.3) is 17.3 Å². The molecule has 1 aromatic heterocycles. The van der Waals surface area contributed by atoms with E-state index in [2.05, 4.69) is 5.32 Å². The highest BCUT2D eigenvalue weighted by Gasteiger charge is 2.18. The number of benzene rings is 3. The lowest BCUT2D eigenvalue weighted by molar-refractivity contribution is -0.111. The molecule has 3 aromatic carbocycles. The molecule has 0 spiro atoms. The minimum atomic E-state index is -0.734. The Morgan fingerprint density at radius 1 is 1.08 bits per heavy atom. The molecule has 0 fully saturated rings. The number of halogens is 3. The fraction of sp³-hybridized carbons (Fsp3) is 0.0741. The number of para-hydroxylation sites is 1. The summed E-state index contributed by atoms with van der Waals surface area (Å²) < 4.78 is 7.45. The Bertz CT molecular complexity index is 1710. The van der Waals surface area contributed by atoms with Crippen LogP contribution in [-0.4, -0.2) is 17.1 Å². The van der Waals surface area contributed by atoms with Gasteiger partial charge in [0.1, 0.15) is 16.5 Å². The molecule has 4 aromatic rings. The number of aromatic nitrogens is 1. The maximum absolute atomic E-state index is 13.6. The Kier molecular flexibility index (Phi) is 8.37. The zero-order chi connectivity index (χ0) is 26.5. The van der Waals surface area contributed by atoms with Gasteiger partial charge in [-0.3, -0.25) is 14.2 Å². The standard InChI is InChI=1S/C27H18Cl3N3O3S/c1-2-36-23-11-9-17(28)12-16(23)13-24-26(35)33(19-6-4-3-5-7-19)27(37-24)20(15-31)25(34)32-22-14-18(29)8-10-21(22)30/h3-14H,2H2,1H3,(H,32,34)/b24-13+,27-20+. The van der Waals surface area contributed by atoms with Gasteiger partial charge in [-0.25, -0.2) is 0 Å². The highest BCUT2D eigenvalue weighted by Crippen LogP contribution is 2.26. The molecule has 0 saturated carbocycles. The first kappa shape index (κ1) is 26.5. The molecule has 6 nitrogen and oxygen atoms in total. The summed E-state index contributed by atoms with van der Waals surface area (Å²) in [4.78, 5) is 26.8. The van der Waals surface area contributed by atoms with Crippen LogP contribution in [0, 0.1) is 11.3 Å². The molecule has 0 unspecified atom stereocenters. The molecule has 1 N–H and O–H groups in total.